The van der Waals surface area contributed by atoms with Crippen molar-refractivity contribution in [1.29, 1.82) is 0 Å². The van der Waals surface area contributed by atoms with Gasteiger partial charge >= 0.3 is 5.92 Å². The van der Waals surface area contributed by atoms with Gasteiger partial charge in [0, 0.05) is 24.6 Å². The summed E-state index contributed by atoms with van der Waals surface area (Å²) in [6.07, 6.45) is 1.54. The number of halogens is 2. The second-order valence-electron chi connectivity index (χ2n) is 6.69. The number of carbonyl (C=O) groups is 1. The standard InChI is InChI=1S/C21H23F2NO3/c1-26-18-11-9-17(10-12-18)21(22,23)20(25)24-13-5-6-16(14-24)15-27-19-7-3-2-4-8-19/h2-4,7-12,16H,5-6,13-15H2,1H3. The molecule has 1 amide bonds. The Bertz CT molecular complexity index is 750. The predicted molar refractivity (Wildman–Crippen MR) is 98.1 cm³/mol. The molecule has 0 aromatic heterocycles. The van der Waals surface area contributed by atoms with Crippen molar-refractivity contribution >= 4 is 5.91 Å². The number of ether oxygens (including phenoxy) is 2. The summed E-state index contributed by atoms with van der Waals surface area (Å²) in [4.78, 5) is 13.8. The van der Waals surface area contributed by atoms with Gasteiger partial charge in [0.1, 0.15) is 11.5 Å². The number of likely N-dealkylation sites (tertiary alicyclic amines) is 1. The minimum Gasteiger partial charge on any atom is -0.497 e. The van der Waals surface area contributed by atoms with Crippen molar-refractivity contribution in [2.24, 2.45) is 5.92 Å². The zero-order chi connectivity index (χ0) is 19.3. The van der Waals surface area contributed by atoms with Gasteiger partial charge in [-0.2, -0.15) is 8.78 Å². The average molecular weight is 375 g/mol. The molecular weight excluding hydrogens is 352 g/mol. The molecule has 2 aromatic carbocycles. The summed E-state index contributed by atoms with van der Waals surface area (Å²) in [5.41, 5.74) is -0.323. The van der Waals surface area contributed by atoms with Crippen LogP contribution in [-0.2, 0) is 10.7 Å². The lowest BCUT2D eigenvalue weighted by molar-refractivity contribution is -0.161. The first kappa shape index (κ1) is 19.1. The lowest BCUT2D eigenvalue weighted by Crippen LogP contribution is -2.47. The van der Waals surface area contributed by atoms with Gasteiger partial charge in [-0.05, 0) is 49.2 Å². The van der Waals surface area contributed by atoms with E-state index in [0.29, 0.717) is 25.3 Å². The number of nitrogens with zero attached hydrogens (tertiary/aromatic N) is 1. The lowest BCUT2D eigenvalue weighted by atomic mass is 9.97. The van der Waals surface area contributed by atoms with Crippen molar-refractivity contribution < 1.29 is 23.0 Å². The molecule has 1 atom stereocenters. The molecule has 1 fully saturated rings. The Kier molecular flexibility index (Phi) is 5.94. The summed E-state index contributed by atoms with van der Waals surface area (Å²) < 4.78 is 40.1. The molecule has 1 aliphatic rings. The van der Waals surface area contributed by atoms with Gasteiger partial charge in [0.05, 0.1) is 13.7 Å². The third-order valence-corrected chi connectivity index (χ3v) is 4.76. The molecule has 27 heavy (non-hydrogen) atoms. The van der Waals surface area contributed by atoms with Crippen molar-refractivity contribution in [3.05, 3.63) is 60.2 Å². The van der Waals surface area contributed by atoms with Crippen molar-refractivity contribution in [2.75, 3.05) is 26.8 Å². The monoisotopic (exact) mass is 375 g/mol. The van der Waals surface area contributed by atoms with E-state index in [-0.39, 0.29) is 18.0 Å². The maximum Gasteiger partial charge on any atom is 0.349 e. The number of alkyl halides is 2. The van der Waals surface area contributed by atoms with Crippen LogP contribution < -0.4 is 9.47 Å². The summed E-state index contributed by atoms with van der Waals surface area (Å²) >= 11 is 0. The fourth-order valence-corrected chi connectivity index (χ4v) is 3.24. The maximum absolute atomic E-state index is 14.7. The molecule has 3 rings (SSSR count). The molecule has 0 radical (unpaired) electrons. The topological polar surface area (TPSA) is 38.8 Å². The first-order valence-corrected chi connectivity index (χ1v) is 9.00. The third kappa shape index (κ3) is 4.56. The molecule has 0 bridgehead atoms. The zero-order valence-corrected chi connectivity index (χ0v) is 15.2. The molecule has 1 aliphatic heterocycles. The van der Waals surface area contributed by atoms with Gasteiger partial charge in [0.2, 0.25) is 0 Å². The summed E-state index contributed by atoms with van der Waals surface area (Å²) in [5.74, 6) is -3.47. The molecule has 1 heterocycles. The smallest absolute Gasteiger partial charge is 0.349 e. The minimum absolute atomic E-state index is 0.0366. The Hall–Kier alpha value is -2.63. The number of benzene rings is 2. The molecular formula is C21H23F2NO3. The van der Waals surface area contributed by atoms with E-state index in [1.165, 1.54) is 36.3 Å². The van der Waals surface area contributed by atoms with Crippen LogP contribution >= 0.6 is 0 Å². The first-order chi connectivity index (χ1) is 13.0. The SMILES string of the molecule is COc1ccc(C(F)(F)C(=O)N2CCCC(COc3ccccc3)C2)cc1. The lowest BCUT2D eigenvalue weighted by Gasteiger charge is -2.34. The van der Waals surface area contributed by atoms with Crippen molar-refractivity contribution in [2.45, 2.75) is 18.8 Å². The van der Waals surface area contributed by atoms with Gasteiger partial charge in [-0.1, -0.05) is 18.2 Å². The van der Waals surface area contributed by atoms with Crippen LogP contribution in [0.15, 0.2) is 54.6 Å². The Morgan fingerprint density at radius 2 is 1.81 bits per heavy atom. The number of carbonyl (C=O) groups excluding carboxylic acids is 1. The number of para-hydroxylation sites is 1. The Morgan fingerprint density at radius 3 is 2.48 bits per heavy atom. The number of amides is 1. The van der Waals surface area contributed by atoms with E-state index in [9.17, 15) is 13.6 Å². The van der Waals surface area contributed by atoms with Crippen LogP contribution in [0.4, 0.5) is 8.78 Å². The highest BCUT2D eigenvalue weighted by Gasteiger charge is 2.44. The molecule has 144 valence electrons. The number of hydrogen-bond acceptors (Lipinski definition) is 3. The van der Waals surface area contributed by atoms with Crippen LogP contribution in [-0.4, -0.2) is 37.6 Å². The summed E-state index contributed by atoms with van der Waals surface area (Å²) in [6, 6.07) is 14.7. The number of hydrogen-bond donors (Lipinski definition) is 0. The van der Waals surface area contributed by atoms with E-state index in [0.717, 1.165) is 12.2 Å². The predicted octanol–water partition coefficient (Wildman–Crippen LogP) is 4.10. The fraction of sp³-hybridized carbons (Fsp3) is 0.381. The Labute approximate surface area is 157 Å². The van der Waals surface area contributed by atoms with Crippen LogP contribution in [0.2, 0.25) is 0 Å². The average Bonchev–Trinajstić information content (AvgIpc) is 2.72. The summed E-state index contributed by atoms with van der Waals surface area (Å²) in [6.45, 7) is 1.02. The van der Waals surface area contributed by atoms with Crippen LogP contribution in [0.1, 0.15) is 18.4 Å². The van der Waals surface area contributed by atoms with Crippen molar-refractivity contribution in [3.63, 3.8) is 0 Å². The molecule has 0 N–H and O–H groups in total. The minimum atomic E-state index is -3.56. The van der Waals surface area contributed by atoms with Crippen LogP contribution in [0.3, 0.4) is 0 Å². The Morgan fingerprint density at radius 1 is 1.11 bits per heavy atom. The van der Waals surface area contributed by atoms with Gasteiger partial charge < -0.3 is 14.4 Å². The van der Waals surface area contributed by atoms with E-state index >= 15 is 0 Å². The summed E-state index contributed by atoms with van der Waals surface area (Å²) in [5, 5.41) is 0. The van der Waals surface area contributed by atoms with E-state index in [2.05, 4.69) is 0 Å². The van der Waals surface area contributed by atoms with Crippen LogP contribution in [0.5, 0.6) is 11.5 Å². The zero-order valence-electron chi connectivity index (χ0n) is 15.2. The fourth-order valence-electron chi connectivity index (χ4n) is 3.24. The number of methoxy groups -OCH3 is 1. The molecule has 0 aliphatic carbocycles. The van der Waals surface area contributed by atoms with Gasteiger partial charge in [-0.15, -0.1) is 0 Å². The third-order valence-electron chi connectivity index (χ3n) is 4.76. The molecule has 0 saturated carbocycles. The largest absolute Gasteiger partial charge is 0.497 e. The van der Waals surface area contributed by atoms with Gasteiger partial charge in [-0.3, -0.25) is 4.79 Å². The quantitative estimate of drug-likeness (QED) is 0.763. The highest BCUT2D eigenvalue weighted by Crippen LogP contribution is 2.33. The second kappa shape index (κ2) is 8.37. The molecule has 0 spiro atoms. The molecule has 6 heteroatoms. The highest BCUT2D eigenvalue weighted by atomic mass is 19.3. The second-order valence-corrected chi connectivity index (χ2v) is 6.69. The van der Waals surface area contributed by atoms with Crippen LogP contribution in [0.25, 0.3) is 0 Å². The van der Waals surface area contributed by atoms with E-state index in [1.54, 1.807) is 0 Å². The van der Waals surface area contributed by atoms with Crippen molar-refractivity contribution in [1.82, 2.24) is 4.90 Å². The van der Waals surface area contributed by atoms with Crippen LogP contribution in [0, 0.1) is 5.92 Å². The van der Waals surface area contributed by atoms with E-state index < -0.39 is 11.8 Å². The molecule has 1 unspecified atom stereocenters. The highest BCUT2D eigenvalue weighted by molar-refractivity contribution is 5.85. The first-order valence-electron chi connectivity index (χ1n) is 9.00. The van der Waals surface area contributed by atoms with E-state index in [4.69, 9.17) is 9.47 Å². The molecule has 1 saturated heterocycles. The van der Waals surface area contributed by atoms with Crippen molar-refractivity contribution in [3.8, 4) is 11.5 Å². The maximum atomic E-state index is 14.7. The summed E-state index contributed by atoms with van der Waals surface area (Å²) in [7, 11) is 1.46. The van der Waals surface area contributed by atoms with E-state index in [1.807, 2.05) is 30.3 Å². The normalized spacial score (nSPS) is 17.4. The van der Waals surface area contributed by atoms with Gasteiger partial charge in [0.15, 0.2) is 0 Å². The molecule has 2 aromatic rings. The molecule has 4 nitrogen and oxygen atoms in total. The Balaban J connectivity index is 1.62. The van der Waals surface area contributed by atoms with Gasteiger partial charge in [-0.25, -0.2) is 0 Å². The number of piperidine rings is 1. The van der Waals surface area contributed by atoms with Gasteiger partial charge in [0.25, 0.3) is 5.91 Å². The number of rotatable bonds is 6.